The lowest BCUT2D eigenvalue weighted by Gasteiger charge is -2.23. The topological polar surface area (TPSA) is 78.8 Å². The third-order valence-electron chi connectivity index (χ3n) is 2.52. The lowest BCUT2D eigenvalue weighted by Crippen LogP contribution is -2.49. The summed E-state index contributed by atoms with van der Waals surface area (Å²) >= 11 is 5.90. The number of carbonyl (C=O) groups is 1. The van der Waals surface area contributed by atoms with Crippen LogP contribution >= 0.6 is 11.6 Å². The molecule has 0 spiro atoms. The van der Waals surface area contributed by atoms with Gasteiger partial charge >= 0.3 is 17.1 Å². The Hall–Kier alpha value is -1.76. The molecule has 1 aliphatic heterocycles. The molecule has 0 amide bonds. The first-order valence-corrected chi connectivity index (χ1v) is 5.07. The maximum Gasteiger partial charge on any atom is 0.380 e. The minimum absolute atomic E-state index is 0.0630. The Morgan fingerprint density at radius 1 is 1.41 bits per heavy atom. The molecule has 0 saturated carbocycles. The Morgan fingerprint density at radius 3 is 2.41 bits per heavy atom. The molecule has 1 aromatic carbocycles. The van der Waals surface area contributed by atoms with E-state index in [9.17, 15) is 9.90 Å². The van der Waals surface area contributed by atoms with Gasteiger partial charge in [0.1, 0.15) is 7.05 Å². The highest BCUT2D eigenvalue weighted by atomic mass is 35.5. The second kappa shape index (κ2) is 3.92. The van der Waals surface area contributed by atoms with Crippen molar-refractivity contribution in [2.24, 2.45) is 0 Å². The minimum Gasteiger partial charge on any atom is -0.478 e. The summed E-state index contributed by atoms with van der Waals surface area (Å²) in [6, 6.07) is 6.06. The number of aromatic carboxylic acids is 1. The summed E-state index contributed by atoms with van der Waals surface area (Å²) in [6.45, 7) is 0. The lowest BCUT2D eigenvalue weighted by atomic mass is 10.2. The average Bonchev–Trinajstić information content (AvgIpc) is 2.59. The molecule has 90 valence electrons. The number of hydrogen-bond acceptors (Lipinski definition) is 4. The average molecular weight is 258 g/mol. The Kier molecular flexibility index (Phi) is 2.70. The summed E-state index contributed by atoms with van der Waals surface area (Å²) in [5, 5.41) is 18.1. The van der Waals surface area contributed by atoms with E-state index in [1.165, 1.54) is 12.1 Å². The van der Waals surface area contributed by atoms with Crippen LogP contribution in [0.5, 0.6) is 0 Å². The van der Waals surface area contributed by atoms with Crippen molar-refractivity contribution in [3.63, 3.8) is 0 Å². The second-order valence-corrected chi connectivity index (χ2v) is 4.01. The van der Waals surface area contributed by atoms with E-state index >= 15 is 0 Å². The van der Waals surface area contributed by atoms with Gasteiger partial charge < -0.3 is 15.1 Å². The number of nitrogens with zero attached hydrogens (tertiary/aromatic N) is 1. The number of aliphatic hydroxyl groups is 1. The van der Waals surface area contributed by atoms with Crippen LogP contribution in [0.3, 0.4) is 0 Å². The fraction of sp³-hybridized carbons (Fsp3) is 0.100. The lowest BCUT2D eigenvalue weighted by molar-refractivity contribution is -0.00975. The number of hydrogen-bond donors (Lipinski definition) is 3. The number of halogens is 1. The highest BCUT2D eigenvalue weighted by Gasteiger charge is 2.41. The Labute approximate surface area is 102 Å². The standard InChI is InChI=1S/C10H9ClN2O4/c1-13(8(11)10(16)17-12-13)7-4-2-6(3-5-7)9(14)15/h2-5,12H,1H3,(H-,14,15,16)/p+1. The molecule has 17 heavy (non-hydrogen) atoms. The number of aliphatic hydroxyl groups excluding tert-OH is 1. The molecule has 1 aromatic rings. The fourth-order valence-corrected chi connectivity index (χ4v) is 1.65. The molecule has 3 N–H and O–H groups in total. The zero-order valence-electron chi connectivity index (χ0n) is 8.85. The van der Waals surface area contributed by atoms with Crippen LogP contribution < -0.4 is 10.2 Å². The van der Waals surface area contributed by atoms with Crippen LogP contribution in [0.4, 0.5) is 5.69 Å². The van der Waals surface area contributed by atoms with Crippen molar-refractivity contribution in [1.29, 1.82) is 0 Å². The number of carboxylic acid groups (broad SMARTS) is 1. The normalized spacial score (nSPS) is 23.6. The van der Waals surface area contributed by atoms with Gasteiger partial charge in [-0.3, -0.25) is 0 Å². The van der Waals surface area contributed by atoms with Crippen molar-refractivity contribution in [3.05, 3.63) is 40.9 Å². The van der Waals surface area contributed by atoms with Gasteiger partial charge in [0, 0.05) is 17.7 Å². The SMILES string of the molecule is C[N+]1(c2ccc(C(=O)O)cc2)NOC(O)=C1Cl. The quantitative estimate of drug-likeness (QED) is 0.555. The zero-order valence-corrected chi connectivity index (χ0v) is 9.60. The molecule has 1 atom stereocenters. The Bertz CT molecular complexity index is 500. The number of benzene rings is 1. The van der Waals surface area contributed by atoms with E-state index in [0.29, 0.717) is 5.69 Å². The third kappa shape index (κ3) is 1.82. The van der Waals surface area contributed by atoms with Gasteiger partial charge in [-0.1, -0.05) is 0 Å². The molecule has 0 aromatic heterocycles. The van der Waals surface area contributed by atoms with Gasteiger partial charge in [0.05, 0.1) is 5.56 Å². The molecule has 1 aliphatic rings. The largest absolute Gasteiger partial charge is 0.478 e. The van der Waals surface area contributed by atoms with Crippen LogP contribution in [0, 0.1) is 0 Å². The highest BCUT2D eigenvalue weighted by molar-refractivity contribution is 6.30. The van der Waals surface area contributed by atoms with Crippen molar-refractivity contribution in [1.82, 2.24) is 10.2 Å². The van der Waals surface area contributed by atoms with Crippen molar-refractivity contribution >= 4 is 23.3 Å². The first kappa shape index (κ1) is 11.7. The monoisotopic (exact) mass is 257 g/mol. The molecule has 2 rings (SSSR count). The van der Waals surface area contributed by atoms with Crippen molar-refractivity contribution < 1.29 is 19.8 Å². The molecule has 7 heteroatoms. The number of nitrogens with one attached hydrogen (secondary N) is 1. The maximum atomic E-state index is 10.7. The molecule has 0 aliphatic carbocycles. The third-order valence-corrected chi connectivity index (χ3v) is 3.02. The number of carboxylic acids is 1. The van der Waals surface area contributed by atoms with Crippen LogP contribution in [0.1, 0.15) is 10.4 Å². The fourth-order valence-electron chi connectivity index (χ4n) is 1.48. The van der Waals surface area contributed by atoms with E-state index in [4.69, 9.17) is 21.5 Å². The predicted molar refractivity (Wildman–Crippen MR) is 60.8 cm³/mol. The highest BCUT2D eigenvalue weighted by Crippen LogP contribution is 2.32. The summed E-state index contributed by atoms with van der Waals surface area (Å²) < 4.78 is -0.159. The minimum atomic E-state index is -1.01. The van der Waals surface area contributed by atoms with Gasteiger partial charge in [-0.05, 0) is 23.7 Å². The Morgan fingerprint density at radius 2 is 2.00 bits per heavy atom. The second-order valence-electron chi connectivity index (χ2n) is 3.65. The summed E-state index contributed by atoms with van der Waals surface area (Å²) in [6.07, 6.45) is 0. The van der Waals surface area contributed by atoms with Crippen molar-refractivity contribution in [3.8, 4) is 0 Å². The van der Waals surface area contributed by atoms with E-state index < -0.39 is 11.9 Å². The molecule has 1 unspecified atom stereocenters. The van der Waals surface area contributed by atoms with Gasteiger partial charge in [0.25, 0.3) is 0 Å². The van der Waals surface area contributed by atoms with Crippen molar-refractivity contribution in [2.45, 2.75) is 0 Å². The van der Waals surface area contributed by atoms with Gasteiger partial charge in [-0.25, -0.2) is 4.79 Å². The number of rotatable bonds is 2. The molecule has 0 bridgehead atoms. The summed E-state index contributed by atoms with van der Waals surface area (Å²) in [5.41, 5.74) is 3.33. The van der Waals surface area contributed by atoms with Gasteiger partial charge in [-0.15, -0.1) is 4.59 Å². The molecule has 0 saturated heterocycles. The van der Waals surface area contributed by atoms with E-state index in [-0.39, 0.29) is 15.3 Å². The van der Waals surface area contributed by atoms with E-state index in [1.54, 1.807) is 19.2 Å². The first-order valence-electron chi connectivity index (χ1n) is 4.69. The van der Waals surface area contributed by atoms with Crippen LogP contribution in [-0.4, -0.2) is 23.2 Å². The van der Waals surface area contributed by atoms with Gasteiger partial charge in [-0.2, -0.15) is 0 Å². The smallest absolute Gasteiger partial charge is 0.380 e. The van der Waals surface area contributed by atoms with Gasteiger partial charge in [0.2, 0.25) is 0 Å². The molecule has 6 nitrogen and oxygen atoms in total. The summed E-state index contributed by atoms with van der Waals surface area (Å²) in [7, 11) is 1.65. The Balaban J connectivity index is 2.39. The van der Waals surface area contributed by atoms with Crippen LogP contribution in [0.2, 0.25) is 0 Å². The maximum absolute atomic E-state index is 10.7. The summed E-state index contributed by atoms with van der Waals surface area (Å²) in [4.78, 5) is 15.4. The first-order chi connectivity index (χ1) is 7.95. The van der Waals surface area contributed by atoms with Crippen LogP contribution in [-0.2, 0) is 4.84 Å². The predicted octanol–water partition coefficient (Wildman–Crippen LogP) is 1.70. The molecular weight excluding hydrogens is 248 g/mol. The van der Waals surface area contributed by atoms with Gasteiger partial charge in [0.15, 0.2) is 5.69 Å². The molecular formula is C10H10ClN2O4+. The summed E-state index contributed by atoms with van der Waals surface area (Å²) in [5.74, 6) is -1.41. The molecule has 0 fully saturated rings. The molecule has 0 radical (unpaired) electrons. The number of quaternary nitrogens is 1. The van der Waals surface area contributed by atoms with Crippen LogP contribution in [0.15, 0.2) is 35.4 Å². The van der Waals surface area contributed by atoms with E-state index in [1.807, 2.05) is 0 Å². The van der Waals surface area contributed by atoms with Crippen molar-refractivity contribution in [2.75, 3.05) is 7.05 Å². The van der Waals surface area contributed by atoms with Crippen LogP contribution in [0.25, 0.3) is 0 Å². The zero-order chi connectivity index (χ0) is 12.6. The van der Waals surface area contributed by atoms with E-state index in [2.05, 4.69) is 5.59 Å². The van der Waals surface area contributed by atoms with E-state index in [0.717, 1.165) is 0 Å². The molecule has 1 heterocycles.